The van der Waals surface area contributed by atoms with Gasteiger partial charge >= 0.3 is 0 Å². The van der Waals surface area contributed by atoms with Gasteiger partial charge in [-0.25, -0.2) is 4.98 Å². The van der Waals surface area contributed by atoms with Gasteiger partial charge in [-0.15, -0.1) is 0 Å². The zero-order valence-corrected chi connectivity index (χ0v) is 11.3. The summed E-state index contributed by atoms with van der Waals surface area (Å²) in [6, 6.07) is 8.41. The number of benzene rings is 1. The molecule has 3 rings (SSSR count). The molecule has 0 spiro atoms. The van der Waals surface area contributed by atoms with Crippen molar-refractivity contribution in [3.63, 3.8) is 0 Å². The first-order valence-electron chi connectivity index (χ1n) is 6.25. The largest absolute Gasteiger partial charge is 0.348 e. The van der Waals surface area contributed by atoms with Crippen molar-refractivity contribution in [3.8, 4) is 0 Å². The first-order chi connectivity index (χ1) is 8.14. The molecule has 0 saturated carbocycles. The second-order valence-corrected chi connectivity index (χ2v) is 6.66. The molecular weight excluding hydrogens is 228 g/mol. The zero-order valence-electron chi connectivity index (χ0n) is 10.4. The third kappa shape index (κ3) is 2.16. The summed E-state index contributed by atoms with van der Waals surface area (Å²) in [5.74, 6) is 0. The van der Waals surface area contributed by atoms with Crippen molar-refractivity contribution in [1.29, 1.82) is 0 Å². The average molecular weight is 246 g/mol. The predicted octanol–water partition coefficient (Wildman–Crippen LogP) is 3.92. The maximum absolute atomic E-state index is 4.75. The van der Waals surface area contributed by atoms with Crippen LogP contribution in [0.1, 0.15) is 26.7 Å². The Balaban J connectivity index is 1.93. The first-order valence-corrected chi connectivity index (χ1v) is 7.06. The highest BCUT2D eigenvalue weighted by Gasteiger charge is 2.27. The number of nitrogens with zero attached hydrogens (tertiary/aromatic N) is 2. The number of anilines is 1. The second kappa shape index (κ2) is 3.98. The molecular formula is C14H18N2S. The van der Waals surface area contributed by atoms with E-state index in [2.05, 4.69) is 43.0 Å². The van der Waals surface area contributed by atoms with E-state index in [1.165, 1.54) is 22.7 Å². The van der Waals surface area contributed by atoms with Gasteiger partial charge in [-0.1, -0.05) is 37.3 Å². The molecule has 0 aliphatic carbocycles. The fourth-order valence-electron chi connectivity index (χ4n) is 2.58. The number of para-hydroxylation sites is 1. The third-order valence-corrected chi connectivity index (χ3v) is 4.55. The van der Waals surface area contributed by atoms with Crippen molar-refractivity contribution in [2.75, 3.05) is 18.0 Å². The van der Waals surface area contributed by atoms with Gasteiger partial charge in [-0.05, 0) is 30.4 Å². The van der Waals surface area contributed by atoms with Crippen LogP contribution in [0.2, 0.25) is 0 Å². The van der Waals surface area contributed by atoms with Crippen LogP contribution in [-0.2, 0) is 0 Å². The minimum Gasteiger partial charge on any atom is -0.348 e. The first kappa shape index (κ1) is 11.0. The highest BCUT2D eigenvalue weighted by molar-refractivity contribution is 7.22. The van der Waals surface area contributed by atoms with Crippen molar-refractivity contribution in [2.45, 2.75) is 26.7 Å². The van der Waals surface area contributed by atoms with Crippen LogP contribution in [0, 0.1) is 5.41 Å². The van der Waals surface area contributed by atoms with Crippen LogP contribution >= 0.6 is 11.3 Å². The topological polar surface area (TPSA) is 16.1 Å². The van der Waals surface area contributed by atoms with Gasteiger partial charge < -0.3 is 4.90 Å². The summed E-state index contributed by atoms with van der Waals surface area (Å²) in [4.78, 5) is 7.20. The van der Waals surface area contributed by atoms with Gasteiger partial charge in [0.15, 0.2) is 5.13 Å². The molecule has 0 N–H and O–H groups in total. The molecule has 1 aliphatic rings. The Hall–Kier alpha value is -1.09. The van der Waals surface area contributed by atoms with E-state index in [4.69, 9.17) is 4.98 Å². The highest BCUT2D eigenvalue weighted by atomic mass is 32.1. The monoisotopic (exact) mass is 246 g/mol. The van der Waals surface area contributed by atoms with E-state index in [0.29, 0.717) is 5.41 Å². The predicted molar refractivity (Wildman–Crippen MR) is 74.8 cm³/mol. The maximum Gasteiger partial charge on any atom is 0.186 e. The van der Waals surface area contributed by atoms with E-state index >= 15 is 0 Å². The number of aromatic nitrogens is 1. The second-order valence-electron chi connectivity index (χ2n) is 5.65. The van der Waals surface area contributed by atoms with E-state index in [1.54, 1.807) is 0 Å². The molecule has 2 heterocycles. The van der Waals surface area contributed by atoms with Crippen LogP contribution in [0.3, 0.4) is 0 Å². The lowest BCUT2D eigenvalue weighted by Gasteiger charge is -2.37. The number of piperidine rings is 1. The molecule has 1 fully saturated rings. The highest BCUT2D eigenvalue weighted by Crippen LogP contribution is 2.35. The standard InChI is InChI=1S/C14H18N2S/c1-14(2)8-5-9-16(10-14)13-15-11-6-3-4-7-12(11)17-13/h3-4,6-7H,5,8-10H2,1-2H3. The van der Waals surface area contributed by atoms with Crippen molar-refractivity contribution in [1.82, 2.24) is 4.98 Å². The summed E-state index contributed by atoms with van der Waals surface area (Å²) in [7, 11) is 0. The lowest BCUT2D eigenvalue weighted by Crippen LogP contribution is -2.39. The normalized spacial score (nSPS) is 19.8. The SMILES string of the molecule is CC1(C)CCCN(c2nc3ccccc3s2)C1. The Morgan fingerprint density at radius 2 is 2.12 bits per heavy atom. The lowest BCUT2D eigenvalue weighted by atomic mass is 9.84. The summed E-state index contributed by atoms with van der Waals surface area (Å²) in [6.07, 6.45) is 2.61. The molecule has 1 aromatic carbocycles. The Bertz CT molecular complexity index is 497. The van der Waals surface area contributed by atoms with Crippen LogP contribution < -0.4 is 4.90 Å². The van der Waals surface area contributed by atoms with Crippen LogP contribution in [-0.4, -0.2) is 18.1 Å². The molecule has 2 aromatic rings. The van der Waals surface area contributed by atoms with Crippen LogP contribution in [0.4, 0.5) is 5.13 Å². The molecule has 2 nitrogen and oxygen atoms in total. The van der Waals surface area contributed by atoms with Gasteiger partial charge in [0.2, 0.25) is 0 Å². The zero-order chi connectivity index (χ0) is 11.9. The molecule has 0 amide bonds. The molecule has 0 radical (unpaired) electrons. The summed E-state index contributed by atoms with van der Waals surface area (Å²) in [5.41, 5.74) is 1.56. The fourth-order valence-corrected chi connectivity index (χ4v) is 3.57. The fraction of sp³-hybridized carbons (Fsp3) is 0.500. The number of hydrogen-bond acceptors (Lipinski definition) is 3. The number of hydrogen-bond donors (Lipinski definition) is 0. The Labute approximate surface area is 106 Å². The summed E-state index contributed by atoms with van der Waals surface area (Å²) in [6.45, 7) is 7.00. The molecule has 1 aliphatic heterocycles. The smallest absolute Gasteiger partial charge is 0.186 e. The van der Waals surface area contributed by atoms with Crippen LogP contribution in [0.5, 0.6) is 0 Å². The van der Waals surface area contributed by atoms with Crippen LogP contribution in [0.15, 0.2) is 24.3 Å². The van der Waals surface area contributed by atoms with Gasteiger partial charge in [0, 0.05) is 13.1 Å². The van der Waals surface area contributed by atoms with Gasteiger partial charge in [0.25, 0.3) is 0 Å². The van der Waals surface area contributed by atoms with E-state index in [-0.39, 0.29) is 0 Å². The van der Waals surface area contributed by atoms with Gasteiger partial charge in [0.05, 0.1) is 10.2 Å². The van der Waals surface area contributed by atoms with E-state index in [9.17, 15) is 0 Å². The van der Waals surface area contributed by atoms with E-state index < -0.39 is 0 Å². The Kier molecular flexibility index (Phi) is 2.58. The molecule has 0 bridgehead atoms. The summed E-state index contributed by atoms with van der Waals surface area (Å²) in [5, 5.41) is 1.19. The Morgan fingerprint density at radius 3 is 2.88 bits per heavy atom. The van der Waals surface area contributed by atoms with E-state index in [0.717, 1.165) is 18.6 Å². The van der Waals surface area contributed by atoms with Crippen LogP contribution in [0.25, 0.3) is 10.2 Å². The number of thiazole rings is 1. The maximum atomic E-state index is 4.75. The van der Waals surface area contributed by atoms with Gasteiger partial charge in [-0.3, -0.25) is 0 Å². The molecule has 1 saturated heterocycles. The Morgan fingerprint density at radius 1 is 1.29 bits per heavy atom. The van der Waals surface area contributed by atoms with Crippen molar-refractivity contribution >= 4 is 26.7 Å². The van der Waals surface area contributed by atoms with Crippen molar-refractivity contribution in [3.05, 3.63) is 24.3 Å². The van der Waals surface area contributed by atoms with Crippen molar-refractivity contribution < 1.29 is 0 Å². The molecule has 17 heavy (non-hydrogen) atoms. The average Bonchev–Trinajstić information content (AvgIpc) is 2.71. The minimum atomic E-state index is 0.427. The van der Waals surface area contributed by atoms with Gasteiger partial charge in [-0.2, -0.15) is 0 Å². The minimum absolute atomic E-state index is 0.427. The molecule has 3 heteroatoms. The lowest BCUT2D eigenvalue weighted by molar-refractivity contribution is 0.293. The number of fused-ring (bicyclic) bond motifs is 1. The quantitative estimate of drug-likeness (QED) is 0.758. The summed E-state index contributed by atoms with van der Waals surface area (Å²) < 4.78 is 1.30. The molecule has 1 aromatic heterocycles. The van der Waals surface area contributed by atoms with E-state index in [1.807, 2.05) is 11.3 Å². The molecule has 90 valence electrons. The van der Waals surface area contributed by atoms with Gasteiger partial charge in [0.1, 0.15) is 0 Å². The third-order valence-electron chi connectivity index (χ3n) is 3.45. The molecule has 0 atom stereocenters. The number of rotatable bonds is 1. The summed E-state index contributed by atoms with van der Waals surface area (Å²) >= 11 is 1.82. The molecule has 0 unspecified atom stereocenters. The van der Waals surface area contributed by atoms with Crippen molar-refractivity contribution in [2.24, 2.45) is 5.41 Å².